The Morgan fingerprint density at radius 1 is 1.58 bits per heavy atom. The van der Waals surface area contributed by atoms with E-state index in [9.17, 15) is 9.90 Å². The minimum Gasteiger partial charge on any atom is -0.393 e. The molecule has 1 heterocycles. The van der Waals surface area contributed by atoms with Crippen LogP contribution in [-0.4, -0.2) is 53.9 Å². The fourth-order valence-corrected chi connectivity index (χ4v) is 3.62. The van der Waals surface area contributed by atoms with Crippen LogP contribution >= 0.6 is 0 Å². The Bertz CT molecular complexity index is 370. The largest absolute Gasteiger partial charge is 0.393 e. The van der Waals surface area contributed by atoms with Crippen LogP contribution in [0.5, 0.6) is 0 Å². The summed E-state index contributed by atoms with van der Waals surface area (Å²) in [5, 5.41) is 9.32. The first-order valence-corrected chi connectivity index (χ1v) is 7.07. The second kappa shape index (κ2) is 4.72. The Hall–Kier alpha value is -0.650. The summed E-state index contributed by atoms with van der Waals surface area (Å²) < 4.78 is 5.70. The number of likely N-dealkylation sites (N-methyl/N-ethyl adjacent to an activating group) is 1. The highest BCUT2D eigenvalue weighted by molar-refractivity contribution is 5.89. The van der Waals surface area contributed by atoms with Gasteiger partial charge in [0, 0.05) is 31.5 Å². The number of aliphatic hydroxyl groups excluding tert-OH is 1. The van der Waals surface area contributed by atoms with Crippen LogP contribution in [0.1, 0.15) is 33.6 Å². The molecule has 1 amide bonds. The maximum atomic E-state index is 12.7. The molecule has 19 heavy (non-hydrogen) atoms. The summed E-state index contributed by atoms with van der Waals surface area (Å²) in [6.07, 6.45) is 1.14. The topological polar surface area (TPSA) is 75.8 Å². The second-order valence-electron chi connectivity index (χ2n) is 6.64. The van der Waals surface area contributed by atoms with Crippen LogP contribution in [0.25, 0.3) is 0 Å². The Kier molecular flexibility index (Phi) is 3.66. The van der Waals surface area contributed by atoms with Crippen molar-refractivity contribution in [3.05, 3.63) is 0 Å². The summed E-state index contributed by atoms with van der Waals surface area (Å²) in [5.41, 5.74) is 5.32. The van der Waals surface area contributed by atoms with E-state index in [4.69, 9.17) is 10.5 Å². The molecule has 0 aromatic carbocycles. The Balaban J connectivity index is 2.09. The third kappa shape index (κ3) is 1.99. The molecule has 1 saturated carbocycles. The minimum absolute atomic E-state index is 0.0232. The number of nitrogens with zero attached hydrogens (tertiary/aromatic N) is 1. The average Bonchev–Trinajstić information content (AvgIpc) is 2.81. The molecule has 2 aliphatic rings. The number of rotatable bonds is 4. The molecular formula is C14H26N2O3. The zero-order valence-corrected chi connectivity index (χ0v) is 12.3. The molecule has 2 fully saturated rings. The van der Waals surface area contributed by atoms with Crippen molar-refractivity contribution in [3.8, 4) is 0 Å². The lowest BCUT2D eigenvalue weighted by Crippen LogP contribution is -2.80. The lowest BCUT2D eigenvalue weighted by molar-refractivity contribution is -0.183. The standard InChI is InChI=1S/C14H26N2O3/c1-9(17)5-7-16(4)12(18)14(15)10-6-8-19-11(10)13(14,2)3/h9-11,17H,5-8,15H2,1-4H3. The molecule has 0 spiro atoms. The molecule has 0 bridgehead atoms. The van der Waals surface area contributed by atoms with Gasteiger partial charge in [0.1, 0.15) is 5.54 Å². The highest BCUT2D eigenvalue weighted by Gasteiger charge is 2.71. The van der Waals surface area contributed by atoms with E-state index in [0.717, 1.165) is 6.42 Å². The lowest BCUT2D eigenvalue weighted by atomic mass is 9.47. The summed E-state index contributed by atoms with van der Waals surface area (Å²) in [5.74, 6) is 0.105. The van der Waals surface area contributed by atoms with Crippen molar-refractivity contribution in [2.45, 2.75) is 51.4 Å². The molecule has 1 saturated heterocycles. The van der Waals surface area contributed by atoms with Crippen LogP contribution in [0.3, 0.4) is 0 Å². The first kappa shape index (κ1) is 14.8. The third-order valence-electron chi connectivity index (χ3n) is 5.04. The van der Waals surface area contributed by atoms with Gasteiger partial charge in [-0.05, 0) is 19.8 Å². The molecule has 1 aliphatic heterocycles. The number of hydrogen-bond acceptors (Lipinski definition) is 4. The SMILES string of the molecule is CC(O)CCN(C)C(=O)C1(N)C2CCOC2C1(C)C. The van der Waals surface area contributed by atoms with Gasteiger partial charge in [0.15, 0.2) is 0 Å². The fraction of sp³-hybridized carbons (Fsp3) is 0.929. The summed E-state index contributed by atoms with van der Waals surface area (Å²) in [4.78, 5) is 14.3. The number of carbonyl (C=O) groups excluding carboxylic acids is 1. The summed E-state index contributed by atoms with van der Waals surface area (Å²) in [6, 6.07) is 0. The Labute approximate surface area is 115 Å². The Morgan fingerprint density at radius 2 is 2.21 bits per heavy atom. The average molecular weight is 270 g/mol. The number of fused-ring (bicyclic) bond motifs is 1. The molecule has 1 aliphatic carbocycles. The first-order chi connectivity index (χ1) is 8.73. The van der Waals surface area contributed by atoms with Crippen LogP contribution in [0.2, 0.25) is 0 Å². The van der Waals surface area contributed by atoms with Gasteiger partial charge in [-0.15, -0.1) is 0 Å². The van der Waals surface area contributed by atoms with E-state index in [1.165, 1.54) is 0 Å². The van der Waals surface area contributed by atoms with E-state index in [0.29, 0.717) is 19.6 Å². The van der Waals surface area contributed by atoms with Crippen LogP contribution in [0, 0.1) is 11.3 Å². The van der Waals surface area contributed by atoms with Gasteiger partial charge in [0.25, 0.3) is 0 Å². The van der Waals surface area contributed by atoms with Crippen molar-refractivity contribution >= 4 is 5.91 Å². The van der Waals surface area contributed by atoms with E-state index in [1.807, 2.05) is 13.8 Å². The van der Waals surface area contributed by atoms with E-state index in [2.05, 4.69) is 0 Å². The minimum atomic E-state index is -0.832. The van der Waals surface area contributed by atoms with Crippen LogP contribution < -0.4 is 5.73 Å². The lowest BCUT2D eigenvalue weighted by Gasteiger charge is -2.61. The van der Waals surface area contributed by atoms with Crippen molar-refractivity contribution in [3.63, 3.8) is 0 Å². The molecular weight excluding hydrogens is 244 g/mol. The molecule has 3 N–H and O–H groups in total. The molecule has 4 unspecified atom stereocenters. The summed E-state index contributed by atoms with van der Waals surface area (Å²) in [6.45, 7) is 6.98. The normalized spacial score (nSPS) is 37.4. The highest BCUT2D eigenvalue weighted by Crippen LogP contribution is 2.58. The third-order valence-corrected chi connectivity index (χ3v) is 5.04. The summed E-state index contributed by atoms with van der Waals surface area (Å²) in [7, 11) is 1.76. The number of ether oxygens (including phenoxy) is 1. The maximum Gasteiger partial charge on any atom is 0.243 e. The van der Waals surface area contributed by atoms with Crippen molar-refractivity contribution in [1.82, 2.24) is 4.90 Å². The van der Waals surface area contributed by atoms with Gasteiger partial charge in [0.05, 0.1) is 12.2 Å². The second-order valence-corrected chi connectivity index (χ2v) is 6.64. The van der Waals surface area contributed by atoms with Crippen LogP contribution in [-0.2, 0) is 9.53 Å². The van der Waals surface area contributed by atoms with Gasteiger partial charge >= 0.3 is 0 Å². The molecule has 5 heteroatoms. The fourth-order valence-electron chi connectivity index (χ4n) is 3.62. The van der Waals surface area contributed by atoms with Gasteiger partial charge in [-0.1, -0.05) is 13.8 Å². The van der Waals surface area contributed by atoms with Crippen LogP contribution in [0.4, 0.5) is 0 Å². The quantitative estimate of drug-likeness (QED) is 0.773. The maximum absolute atomic E-state index is 12.7. The molecule has 0 aromatic heterocycles. The molecule has 4 atom stereocenters. The van der Waals surface area contributed by atoms with Gasteiger partial charge < -0.3 is 20.5 Å². The van der Waals surface area contributed by atoms with E-state index >= 15 is 0 Å². The van der Waals surface area contributed by atoms with Crippen molar-refractivity contribution in [1.29, 1.82) is 0 Å². The summed E-state index contributed by atoms with van der Waals surface area (Å²) >= 11 is 0. The molecule has 5 nitrogen and oxygen atoms in total. The van der Waals surface area contributed by atoms with Gasteiger partial charge in [-0.25, -0.2) is 0 Å². The number of amides is 1. The molecule has 2 rings (SSSR count). The van der Waals surface area contributed by atoms with E-state index < -0.39 is 11.6 Å². The number of hydrogen-bond donors (Lipinski definition) is 2. The van der Waals surface area contributed by atoms with Crippen molar-refractivity contribution in [2.24, 2.45) is 17.1 Å². The van der Waals surface area contributed by atoms with Crippen molar-refractivity contribution in [2.75, 3.05) is 20.2 Å². The smallest absolute Gasteiger partial charge is 0.243 e. The van der Waals surface area contributed by atoms with Gasteiger partial charge in [-0.3, -0.25) is 4.79 Å². The number of carbonyl (C=O) groups is 1. The zero-order chi connectivity index (χ0) is 14.4. The number of aliphatic hydroxyl groups is 1. The number of nitrogens with two attached hydrogens (primary N) is 1. The van der Waals surface area contributed by atoms with Gasteiger partial charge in [0.2, 0.25) is 5.91 Å². The van der Waals surface area contributed by atoms with E-state index in [1.54, 1.807) is 18.9 Å². The Morgan fingerprint density at radius 3 is 2.79 bits per heavy atom. The van der Waals surface area contributed by atoms with E-state index in [-0.39, 0.29) is 23.3 Å². The molecule has 0 radical (unpaired) electrons. The predicted molar refractivity (Wildman–Crippen MR) is 72.5 cm³/mol. The van der Waals surface area contributed by atoms with Crippen LogP contribution in [0.15, 0.2) is 0 Å². The molecule has 110 valence electrons. The van der Waals surface area contributed by atoms with Gasteiger partial charge in [-0.2, -0.15) is 0 Å². The zero-order valence-electron chi connectivity index (χ0n) is 12.3. The van der Waals surface area contributed by atoms with Crippen molar-refractivity contribution < 1.29 is 14.6 Å². The first-order valence-electron chi connectivity index (χ1n) is 7.07. The monoisotopic (exact) mass is 270 g/mol. The molecule has 0 aromatic rings. The predicted octanol–water partition coefficient (Wildman–Crippen LogP) is 0.358. The highest BCUT2D eigenvalue weighted by atomic mass is 16.5.